The van der Waals surface area contributed by atoms with E-state index >= 15 is 0 Å². The van der Waals surface area contributed by atoms with Gasteiger partial charge in [-0.2, -0.15) is 0 Å². The van der Waals surface area contributed by atoms with Gasteiger partial charge in [0, 0.05) is 5.71 Å². The fourth-order valence-corrected chi connectivity index (χ4v) is 2.61. The third-order valence-corrected chi connectivity index (χ3v) is 3.49. The topological polar surface area (TPSA) is 88.0 Å². The highest BCUT2D eigenvalue weighted by molar-refractivity contribution is 6.09. The summed E-state index contributed by atoms with van der Waals surface area (Å²) in [6.45, 7) is 3.95. The zero-order chi connectivity index (χ0) is 16.1. The zero-order valence-corrected chi connectivity index (χ0v) is 12.7. The summed E-state index contributed by atoms with van der Waals surface area (Å²) in [7, 11) is 0. The van der Waals surface area contributed by atoms with Crippen molar-refractivity contribution in [3.8, 4) is 5.75 Å². The number of hydrogen-bond acceptors (Lipinski definition) is 4. The van der Waals surface area contributed by atoms with Gasteiger partial charge in [0.25, 0.3) is 0 Å². The molecule has 2 rings (SSSR count). The lowest BCUT2D eigenvalue weighted by molar-refractivity contribution is -0.146. The summed E-state index contributed by atoms with van der Waals surface area (Å²) < 4.78 is 5.14. The lowest BCUT2D eigenvalue weighted by atomic mass is 9.86. The van der Waals surface area contributed by atoms with Crippen LogP contribution in [0.4, 0.5) is 4.79 Å². The summed E-state index contributed by atoms with van der Waals surface area (Å²) in [6, 6.07) is 5.44. The molecule has 6 heteroatoms. The molecule has 2 atom stereocenters. The van der Waals surface area contributed by atoms with E-state index in [-0.39, 0.29) is 12.4 Å². The van der Waals surface area contributed by atoms with Crippen molar-refractivity contribution >= 4 is 17.7 Å². The van der Waals surface area contributed by atoms with E-state index in [2.05, 4.69) is 10.3 Å². The lowest BCUT2D eigenvalue weighted by Gasteiger charge is -2.30. The molecule has 0 spiro atoms. The van der Waals surface area contributed by atoms with E-state index in [4.69, 9.17) is 4.74 Å². The highest BCUT2D eigenvalue weighted by atomic mass is 16.5. The first-order valence-corrected chi connectivity index (χ1v) is 7.40. The number of phenols is 1. The van der Waals surface area contributed by atoms with E-state index in [1.165, 1.54) is 12.1 Å². The van der Waals surface area contributed by atoms with Gasteiger partial charge >= 0.3 is 12.0 Å². The number of ether oxygens (including phenoxy) is 1. The molecule has 1 aromatic carbocycles. The number of hydrogen-bond donors (Lipinski definition) is 2. The van der Waals surface area contributed by atoms with Crippen molar-refractivity contribution < 1.29 is 19.4 Å². The van der Waals surface area contributed by atoms with Crippen LogP contribution in [0.5, 0.6) is 5.75 Å². The second-order valence-electron chi connectivity index (χ2n) is 5.11. The Morgan fingerprint density at radius 2 is 2.18 bits per heavy atom. The second-order valence-corrected chi connectivity index (χ2v) is 5.11. The molecule has 2 unspecified atom stereocenters. The van der Waals surface area contributed by atoms with Crippen LogP contribution in [0.2, 0.25) is 0 Å². The first-order valence-electron chi connectivity index (χ1n) is 7.40. The molecule has 0 saturated carbocycles. The largest absolute Gasteiger partial charge is 0.508 e. The highest BCUT2D eigenvalue weighted by Gasteiger charge is 2.39. The number of phenolic OH excluding ortho intramolecular Hbond substituents is 1. The minimum absolute atomic E-state index is 0.0777. The summed E-state index contributed by atoms with van der Waals surface area (Å²) in [5.41, 5.74) is 1.17. The van der Waals surface area contributed by atoms with E-state index in [1.54, 1.807) is 19.1 Å². The minimum Gasteiger partial charge on any atom is -0.508 e. The van der Waals surface area contributed by atoms with Crippen LogP contribution in [-0.4, -0.2) is 29.4 Å². The Labute approximate surface area is 129 Å². The number of nitrogens with one attached hydrogen (secondary N) is 1. The number of rotatable bonds is 5. The fraction of sp³-hybridized carbons (Fsp3) is 0.438. The van der Waals surface area contributed by atoms with Crippen LogP contribution in [0.1, 0.15) is 38.3 Å². The molecule has 2 amide bonds. The number of aliphatic imine (C=N–C) groups is 1. The molecule has 0 aromatic heterocycles. The maximum Gasteiger partial charge on any atom is 0.341 e. The fourth-order valence-electron chi connectivity index (χ4n) is 2.61. The summed E-state index contributed by atoms with van der Waals surface area (Å²) >= 11 is 0. The van der Waals surface area contributed by atoms with Gasteiger partial charge in [-0.15, -0.1) is 0 Å². The molecule has 22 heavy (non-hydrogen) atoms. The van der Waals surface area contributed by atoms with Crippen LogP contribution >= 0.6 is 0 Å². The van der Waals surface area contributed by atoms with Gasteiger partial charge in [-0.3, -0.25) is 4.79 Å². The van der Waals surface area contributed by atoms with Gasteiger partial charge in [0.1, 0.15) is 11.7 Å². The Bertz CT molecular complexity index is 598. The van der Waals surface area contributed by atoms with Crippen molar-refractivity contribution in [1.82, 2.24) is 5.32 Å². The van der Waals surface area contributed by atoms with E-state index in [1.807, 2.05) is 6.92 Å². The van der Waals surface area contributed by atoms with Gasteiger partial charge in [-0.05, 0) is 31.0 Å². The van der Waals surface area contributed by atoms with Gasteiger partial charge < -0.3 is 15.2 Å². The monoisotopic (exact) mass is 304 g/mol. The molecule has 0 aliphatic carbocycles. The standard InChI is InChI=1S/C16H20N2O4/c1-3-6-12-13(15(20)22-4-2)14(18-16(21)17-12)10-7-5-8-11(19)9-10/h5,7-9,13-14,19H,3-4,6H2,1-2H3,(H,18,21). The van der Waals surface area contributed by atoms with Crippen LogP contribution in [-0.2, 0) is 9.53 Å². The molecule has 6 nitrogen and oxygen atoms in total. The summed E-state index contributed by atoms with van der Waals surface area (Å²) in [4.78, 5) is 28.1. The first kappa shape index (κ1) is 16.0. The van der Waals surface area contributed by atoms with Gasteiger partial charge in [0.15, 0.2) is 0 Å². The van der Waals surface area contributed by atoms with Gasteiger partial charge in [0.05, 0.1) is 12.6 Å². The second kappa shape index (κ2) is 7.06. The predicted molar refractivity (Wildman–Crippen MR) is 81.8 cm³/mol. The molecule has 2 N–H and O–H groups in total. The Morgan fingerprint density at radius 3 is 2.82 bits per heavy atom. The number of carbonyl (C=O) groups excluding carboxylic acids is 2. The molecule has 1 aliphatic heterocycles. The van der Waals surface area contributed by atoms with Crippen molar-refractivity contribution in [2.75, 3.05) is 6.61 Å². The SMILES string of the molecule is CCCC1=NC(=O)NC(c2cccc(O)c2)C1C(=O)OCC. The lowest BCUT2D eigenvalue weighted by Crippen LogP contribution is -2.45. The molecule has 118 valence electrons. The van der Waals surface area contributed by atoms with E-state index in [0.717, 1.165) is 6.42 Å². The highest BCUT2D eigenvalue weighted by Crippen LogP contribution is 2.31. The van der Waals surface area contributed by atoms with Crippen LogP contribution < -0.4 is 5.32 Å². The molecule has 0 radical (unpaired) electrons. The van der Waals surface area contributed by atoms with Crippen LogP contribution in [0.15, 0.2) is 29.3 Å². The average molecular weight is 304 g/mol. The van der Waals surface area contributed by atoms with Gasteiger partial charge in [-0.1, -0.05) is 25.5 Å². The number of amides is 2. The van der Waals surface area contributed by atoms with Crippen molar-refractivity contribution in [1.29, 1.82) is 0 Å². The smallest absolute Gasteiger partial charge is 0.341 e. The Kier molecular flexibility index (Phi) is 5.14. The first-order chi connectivity index (χ1) is 10.6. The molecular formula is C16H20N2O4. The van der Waals surface area contributed by atoms with Crippen molar-refractivity contribution in [3.05, 3.63) is 29.8 Å². The van der Waals surface area contributed by atoms with E-state index in [9.17, 15) is 14.7 Å². The predicted octanol–water partition coefficient (Wildman–Crippen LogP) is 2.58. The molecule has 0 fully saturated rings. The summed E-state index contributed by atoms with van der Waals surface area (Å²) in [5.74, 6) is -1.00. The normalized spacial score (nSPS) is 21.0. The maximum atomic E-state index is 12.3. The van der Waals surface area contributed by atoms with Crippen LogP contribution in [0, 0.1) is 5.92 Å². The van der Waals surface area contributed by atoms with Gasteiger partial charge in [-0.25, -0.2) is 9.79 Å². The molecule has 1 heterocycles. The number of carbonyl (C=O) groups is 2. The number of aromatic hydroxyl groups is 1. The third kappa shape index (κ3) is 3.44. The van der Waals surface area contributed by atoms with Gasteiger partial charge in [0.2, 0.25) is 0 Å². The maximum absolute atomic E-state index is 12.3. The number of nitrogens with zero attached hydrogens (tertiary/aromatic N) is 1. The summed E-state index contributed by atoms with van der Waals surface area (Å²) in [6.07, 6.45) is 1.32. The Morgan fingerprint density at radius 1 is 1.41 bits per heavy atom. The van der Waals surface area contributed by atoms with Crippen molar-refractivity contribution in [2.24, 2.45) is 10.9 Å². The quantitative estimate of drug-likeness (QED) is 0.818. The number of urea groups is 1. The molecule has 0 saturated heterocycles. The minimum atomic E-state index is -0.667. The number of benzene rings is 1. The molecule has 0 bridgehead atoms. The van der Waals surface area contributed by atoms with Crippen LogP contribution in [0.3, 0.4) is 0 Å². The van der Waals surface area contributed by atoms with E-state index < -0.39 is 24.0 Å². The Hall–Kier alpha value is -2.37. The third-order valence-electron chi connectivity index (χ3n) is 3.49. The van der Waals surface area contributed by atoms with E-state index in [0.29, 0.717) is 17.7 Å². The number of esters is 1. The summed E-state index contributed by atoms with van der Waals surface area (Å²) in [5, 5.41) is 12.3. The molecular weight excluding hydrogens is 284 g/mol. The van der Waals surface area contributed by atoms with Crippen molar-refractivity contribution in [2.45, 2.75) is 32.7 Å². The van der Waals surface area contributed by atoms with Crippen molar-refractivity contribution in [3.63, 3.8) is 0 Å². The molecule has 1 aliphatic rings. The average Bonchev–Trinajstić information content (AvgIpc) is 2.47. The van der Waals surface area contributed by atoms with Crippen LogP contribution in [0.25, 0.3) is 0 Å². The zero-order valence-electron chi connectivity index (χ0n) is 12.7. The Balaban J connectivity index is 2.42. The molecule has 1 aromatic rings.